The van der Waals surface area contributed by atoms with Crippen molar-refractivity contribution in [1.82, 2.24) is 0 Å². The van der Waals surface area contributed by atoms with Crippen LogP contribution in [0.2, 0.25) is 0 Å². The molecule has 4 nitrogen and oxygen atoms in total. The van der Waals surface area contributed by atoms with Gasteiger partial charge >= 0.3 is 11.9 Å². The van der Waals surface area contributed by atoms with E-state index in [-0.39, 0.29) is 13.0 Å². The molecule has 0 aliphatic heterocycles. The lowest BCUT2D eigenvalue weighted by molar-refractivity contribution is -0.150. The molecule has 0 saturated carbocycles. The summed E-state index contributed by atoms with van der Waals surface area (Å²) in [5.41, 5.74) is 0. The van der Waals surface area contributed by atoms with Crippen LogP contribution in [-0.4, -0.2) is 23.7 Å². The fourth-order valence-electron chi connectivity index (χ4n) is 3.56. The van der Waals surface area contributed by atoms with Crippen LogP contribution in [0.25, 0.3) is 0 Å². The minimum absolute atomic E-state index is 0.113. The van der Waals surface area contributed by atoms with E-state index in [1.165, 1.54) is 96.0 Å². The number of hydrogen-bond donors (Lipinski definition) is 1. The second kappa shape index (κ2) is 22.1. The zero-order chi connectivity index (χ0) is 22.3. The normalized spacial score (nSPS) is 12.2. The number of rotatable bonds is 22. The van der Waals surface area contributed by atoms with Gasteiger partial charge in [0, 0.05) is 0 Å². The van der Waals surface area contributed by atoms with E-state index in [0.717, 1.165) is 12.8 Å². The van der Waals surface area contributed by atoms with Gasteiger partial charge in [0.25, 0.3) is 0 Å². The number of carboxylic acid groups (broad SMARTS) is 1. The van der Waals surface area contributed by atoms with Gasteiger partial charge in [-0.2, -0.15) is 0 Å². The maximum atomic E-state index is 11.9. The molecule has 1 N–H and O–H groups in total. The third-order valence-corrected chi connectivity index (χ3v) is 5.38. The quantitative estimate of drug-likeness (QED) is 0.111. The first kappa shape index (κ1) is 28.4. The molecule has 174 valence electrons. The van der Waals surface area contributed by atoms with Gasteiger partial charge in [-0.1, -0.05) is 122 Å². The molecule has 0 heterocycles. The van der Waals surface area contributed by atoms with E-state index >= 15 is 0 Å². The van der Waals surface area contributed by atoms with Crippen LogP contribution in [-0.2, 0) is 14.3 Å². The SMILES string of the molecule is C=CCOC(=O)C(/C=C/CCCCCCCCCCCCCCCCC)CC(=O)O. The molecule has 0 fully saturated rings. The van der Waals surface area contributed by atoms with E-state index in [1.54, 1.807) is 6.08 Å². The van der Waals surface area contributed by atoms with Crippen molar-refractivity contribution in [2.24, 2.45) is 5.92 Å². The summed E-state index contributed by atoms with van der Waals surface area (Å²) in [7, 11) is 0. The molecule has 0 rings (SSSR count). The average molecular weight is 423 g/mol. The maximum Gasteiger partial charge on any atom is 0.313 e. The predicted molar refractivity (Wildman–Crippen MR) is 126 cm³/mol. The molecular weight excluding hydrogens is 376 g/mol. The van der Waals surface area contributed by atoms with E-state index in [2.05, 4.69) is 13.5 Å². The molecule has 0 bridgehead atoms. The Hall–Kier alpha value is -1.58. The van der Waals surface area contributed by atoms with Gasteiger partial charge in [0.1, 0.15) is 6.61 Å². The molecule has 0 amide bonds. The number of allylic oxidation sites excluding steroid dienone is 1. The number of aliphatic carboxylic acids is 1. The van der Waals surface area contributed by atoms with Gasteiger partial charge in [-0.05, 0) is 12.8 Å². The molecular formula is C26H46O4. The average Bonchev–Trinajstić information content (AvgIpc) is 2.73. The van der Waals surface area contributed by atoms with Crippen LogP contribution >= 0.6 is 0 Å². The zero-order valence-corrected chi connectivity index (χ0v) is 19.4. The summed E-state index contributed by atoms with van der Waals surface area (Å²) < 4.78 is 4.97. The van der Waals surface area contributed by atoms with E-state index in [9.17, 15) is 9.59 Å². The van der Waals surface area contributed by atoms with Gasteiger partial charge < -0.3 is 9.84 Å². The number of carbonyl (C=O) groups excluding carboxylic acids is 1. The predicted octanol–water partition coefficient (Wildman–Crippen LogP) is 7.62. The Morgan fingerprint density at radius 3 is 1.73 bits per heavy atom. The number of unbranched alkanes of at least 4 members (excludes halogenated alkanes) is 15. The number of hydrogen-bond acceptors (Lipinski definition) is 3. The first-order valence-corrected chi connectivity index (χ1v) is 12.3. The minimum Gasteiger partial charge on any atom is -0.481 e. The summed E-state index contributed by atoms with van der Waals surface area (Å²) in [6.07, 6.45) is 25.8. The second-order valence-corrected chi connectivity index (χ2v) is 8.29. The zero-order valence-electron chi connectivity index (χ0n) is 19.4. The number of carboxylic acids is 1. The minimum atomic E-state index is -0.993. The van der Waals surface area contributed by atoms with Crippen LogP contribution in [0.4, 0.5) is 0 Å². The molecule has 0 spiro atoms. The molecule has 1 unspecified atom stereocenters. The van der Waals surface area contributed by atoms with Crippen molar-refractivity contribution in [2.45, 2.75) is 116 Å². The summed E-state index contributed by atoms with van der Waals surface area (Å²) >= 11 is 0. The third kappa shape index (κ3) is 19.7. The lowest BCUT2D eigenvalue weighted by atomic mass is 10.0. The summed E-state index contributed by atoms with van der Waals surface area (Å²) in [5.74, 6) is -2.20. The van der Waals surface area contributed by atoms with Gasteiger partial charge in [-0.25, -0.2) is 0 Å². The van der Waals surface area contributed by atoms with Crippen molar-refractivity contribution < 1.29 is 19.4 Å². The van der Waals surface area contributed by atoms with Crippen molar-refractivity contribution in [3.63, 3.8) is 0 Å². The smallest absolute Gasteiger partial charge is 0.313 e. The first-order valence-electron chi connectivity index (χ1n) is 12.3. The van der Waals surface area contributed by atoms with Crippen molar-refractivity contribution >= 4 is 11.9 Å². The molecule has 0 aliphatic rings. The highest BCUT2D eigenvalue weighted by Crippen LogP contribution is 2.14. The van der Waals surface area contributed by atoms with E-state index in [1.807, 2.05) is 6.08 Å². The number of carbonyl (C=O) groups is 2. The summed E-state index contributed by atoms with van der Waals surface area (Å²) in [4.78, 5) is 22.8. The van der Waals surface area contributed by atoms with Crippen molar-refractivity contribution in [3.05, 3.63) is 24.8 Å². The second-order valence-electron chi connectivity index (χ2n) is 8.29. The molecule has 0 aromatic rings. The summed E-state index contributed by atoms with van der Waals surface area (Å²) in [5, 5.41) is 8.94. The highest BCUT2D eigenvalue weighted by molar-refractivity contribution is 5.80. The van der Waals surface area contributed by atoms with E-state index < -0.39 is 17.9 Å². The van der Waals surface area contributed by atoms with E-state index in [0.29, 0.717) is 0 Å². The van der Waals surface area contributed by atoms with Gasteiger partial charge in [-0.15, -0.1) is 0 Å². The molecule has 30 heavy (non-hydrogen) atoms. The largest absolute Gasteiger partial charge is 0.481 e. The Labute approximate surface area is 185 Å². The number of ether oxygens (including phenoxy) is 1. The standard InChI is InChI=1S/C26H46O4/c1-3-5-6-7-8-9-10-11-12-13-14-15-16-17-18-19-20-21-24(23-25(27)28)26(29)30-22-4-2/h4,20-21,24H,2-3,5-19,22-23H2,1H3,(H,27,28)/b21-20+. The lowest BCUT2D eigenvalue weighted by Crippen LogP contribution is -2.19. The monoisotopic (exact) mass is 422 g/mol. The maximum absolute atomic E-state index is 11.9. The third-order valence-electron chi connectivity index (χ3n) is 5.38. The van der Waals surface area contributed by atoms with Crippen LogP contribution in [0.15, 0.2) is 24.8 Å². The van der Waals surface area contributed by atoms with Crippen LogP contribution in [0.1, 0.15) is 116 Å². The Balaban J connectivity index is 3.56. The molecule has 0 aliphatic carbocycles. The van der Waals surface area contributed by atoms with Crippen LogP contribution in [0, 0.1) is 5.92 Å². The van der Waals surface area contributed by atoms with E-state index in [4.69, 9.17) is 9.84 Å². The molecule has 0 radical (unpaired) electrons. The first-order chi connectivity index (χ1) is 14.6. The van der Waals surface area contributed by atoms with Crippen molar-refractivity contribution in [2.75, 3.05) is 6.61 Å². The van der Waals surface area contributed by atoms with Crippen molar-refractivity contribution in [1.29, 1.82) is 0 Å². The van der Waals surface area contributed by atoms with Gasteiger partial charge in [0.15, 0.2) is 0 Å². The van der Waals surface area contributed by atoms with Gasteiger partial charge in [0.05, 0.1) is 12.3 Å². The van der Waals surface area contributed by atoms with Crippen LogP contribution < -0.4 is 0 Å². The Morgan fingerprint density at radius 2 is 1.30 bits per heavy atom. The summed E-state index contributed by atoms with van der Waals surface area (Å²) in [6.45, 7) is 5.87. The fourth-order valence-corrected chi connectivity index (χ4v) is 3.56. The summed E-state index contributed by atoms with van der Waals surface area (Å²) in [6, 6.07) is 0. The Kier molecular flexibility index (Phi) is 20.9. The number of esters is 1. The Bertz CT molecular complexity index is 456. The van der Waals surface area contributed by atoms with Crippen LogP contribution in [0.3, 0.4) is 0 Å². The highest BCUT2D eigenvalue weighted by Gasteiger charge is 2.19. The highest BCUT2D eigenvalue weighted by atomic mass is 16.5. The van der Waals surface area contributed by atoms with Crippen LogP contribution in [0.5, 0.6) is 0 Å². The Morgan fingerprint density at radius 1 is 0.833 bits per heavy atom. The lowest BCUT2D eigenvalue weighted by Gasteiger charge is -2.09. The van der Waals surface area contributed by atoms with Gasteiger partial charge in [-0.3, -0.25) is 9.59 Å². The van der Waals surface area contributed by atoms with Gasteiger partial charge in [0.2, 0.25) is 0 Å². The molecule has 1 atom stereocenters. The van der Waals surface area contributed by atoms with Crippen molar-refractivity contribution in [3.8, 4) is 0 Å². The molecule has 0 saturated heterocycles. The topological polar surface area (TPSA) is 63.6 Å². The fraction of sp³-hybridized carbons (Fsp3) is 0.769. The molecule has 4 heteroatoms. The molecule has 0 aromatic heterocycles. The molecule has 0 aromatic carbocycles.